The van der Waals surface area contributed by atoms with Crippen LogP contribution in [-0.4, -0.2) is 14.2 Å². The molecule has 0 bridgehead atoms. The second-order valence-corrected chi connectivity index (χ2v) is 5.45. The number of benzene rings is 2. The lowest BCUT2D eigenvalue weighted by atomic mass is 10.2. The highest BCUT2D eigenvalue weighted by atomic mass is 35.5. The largest absolute Gasteiger partial charge is 0.497 e. The van der Waals surface area contributed by atoms with Crippen molar-refractivity contribution in [2.24, 2.45) is 0 Å². The van der Waals surface area contributed by atoms with Crippen LogP contribution in [0.15, 0.2) is 47.4 Å². The second-order valence-electron chi connectivity index (χ2n) is 3.96. The zero-order valence-electron chi connectivity index (χ0n) is 10.9. The minimum atomic E-state index is 0.691. The third-order valence-corrected chi connectivity index (χ3v) is 3.91. The van der Waals surface area contributed by atoms with E-state index in [1.807, 2.05) is 24.3 Å². The summed E-state index contributed by atoms with van der Waals surface area (Å²) in [5, 5.41) is 0.691. The van der Waals surface area contributed by atoms with Crippen LogP contribution in [0.5, 0.6) is 11.5 Å². The number of hydrogen-bond acceptors (Lipinski definition) is 3. The third kappa shape index (κ3) is 4.08. The van der Waals surface area contributed by atoms with E-state index in [9.17, 15) is 0 Å². The Labute approximate surface area is 122 Å². The fourth-order valence-electron chi connectivity index (χ4n) is 1.63. The predicted octanol–water partition coefficient (Wildman–Crippen LogP) is 4.65. The molecule has 0 aliphatic rings. The van der Waals surface area contributed by atoms with E-state index in [0.717, 1.165) is 22.1 Å². The van der Waals surface area contributed by atoms with Gasteiger partial charge in [-0.1, -0.05) is 23.7 Å². The first kappa shape index (κ1) is 14.1. The first-order chi connectivity index (χ1) is 9.21. The summed E-state index contributed by atoms with van der Waals surface area (Å²) < 4.78 is 10.3. The maximum absolute atomic E-state index is 6.04. The molecule has 0 aliphatic carbocycles. The van der Waals surface area contributed by atoms with Crippen molar-refractivity contribution >= 4 is 23.4 Å². The standard InChI is InChI=1S/C15H15ClO2S/c1-17-13-5-3-11(4-6-13)10-19-15-8-12(16)7-14(9-15)18-2/h3-9H,10H2,1-2H3. The molecule has 2 aromatic carbocycles. The molecule has 0 saturated carbocycles. The van der Waals surface area contributed by atoms with Crippen molar-refractivity contribution in [2.45, 2.75) is 10.6 Å². The number of ether oxygens (including phenoxy) is 2. The molecule has 0 spiro atoms. The molecule has 2 aromatic rings. The molecule has 4 heteroatoms. The van der Waals surface area contributed by atoms with E-state index in [1.54, 1.807) is 32.0 Å². The van der Waals surface area contributed by atoms with Crippen LogP contribution in [0.25, 0.3) is 0 Å². The summed E-state index contributed by atoms with van der Waals surface area (Å²) in [6, 6.07) is 13.8. The molecule has 0 aliphatic heterocycles. The monoisotopic (exact) mass is 294 g/mol. The summed E-state index contributed by atoms with van der Waals surface area (Å²) in [7, 11) is 3.31. The maximum Gasteiger partial charge on any atom is 0.121 e. The minimum Gasteiger partial charge on any atom is -0.497 e. The summed E-state index contributed by atoms with van der Waals surface area (Å²) in [4.78, 5) is 1.10. The maximum atomic E-state index is 6.04. The molecule has 2 rings (SSSR count). The van der Waals surface area contributed by atoms with E-state index in [2.05, 4.69) is 12.1 Å². The van der Waals surface area contributed by atoms with Gasteiger partial charge in [-0.2, -0.15) is 0 Å². The Morgan fingerprint density at radius 2 is 1.63 bits per heavy atom. The topological polar surface area (TPSA) is 18.5 Å². The molecular formula is C15H15ClO2S. The van der Waals surface area contributed by atoms with Crippen molar-refractivity contribution in [1.82, 2.24) is 0 Å². The van der Waals surface area contributed by atoms with Crippen molar-refractivity contribution in [3.05, 3.63) is 53.1 Å². The van der Waals surface area contributed by atoms with Crippen molar-refractivity contribution in [3.63, 3.8) is 0 Å². The molecule has 2 nitrogen and oxygen atoms in total. The van der Waals surface area contributed by atoms with Crippen LogP contribution in [0.2, 0.25) is 5.02 Å². The van der Waals surface area contributed by atoms with Crippen LogP contribution in [0, 0.1) is 0 Å². The lowest BCUT2D eigenvalue weighted by Crippen LogP contribution is -1.86. The number of methoxy groups -OCH3 is 2. The summed E-state index contributed by atoms with van der Waals surface area (Å²) in [5.74, 6) is 2.54. The molecule has 0 saturated heterocycles. The van der Waals surface area contributed by atoms with Crippen molar-refractivity contribution in [1.29, 1.82) is 0 Å². The first-order valence-electron chi connectivity index (χ1n) is 5.81. The Hall–Kier alpha value is -1.32. The Morgan fingerprint density at radius 1 is 0.947 bits per heavy atom. The van der Waals surface area contributed by atoms with Gasteiger partial charge in [0.1, 0.15) is 11.5 Å². The summed E-state index contributed by atoms with van der Waals surface area (Å²) in [6.07, 6.45) is 0. The van der Waals surface area contributed by atoms with Gasteiger partial charge in [0.15, 0.2) is 0 Å². The highest BCUT2D eigenvalue weighted by Crippen LogP contribution is 2.30. The number of halogens is 1. The summed E-state index contributed by atoms with van der Waals surface area (Å²) in [5.41, 5.74) is 1.24. The Balaban J connectivity index is 2.03. The molecule has 0 fully saturated rings. The van der Waals surface area contributed by atoms with Gasteiger partial charge in [0.2, 0.25) is 0 Å². The van der Waals surface area contributed by atoms with Crippen LogP contribution in [-0.2, 0) is 5.75 Å². The average molecular weight is 295 g/mol. The van der Waals surface area contributed by atoms with Crippen LogP contribution in [0.4, 0.5) is 0 Å². The molecule has 0 unspecified atom stereocenters. The average Bonchev–Trinajstić information content (AvgIpc) is 2.45. The number of hydrogen-bond donors (Lipinski definition) is 0. The molecule has 19 heavy (non-hydrogen) atoms. The van der Waals surface area contributed by atoms with Gasteiger partial charge in [-0.25, -0.2) is 0 Å². The summed E-state index contributed by atoms with van der Waals surface area (Å²) in [6.45, 7) is 0. The van der Waals surface area contributed by atoms with E-state index in [-0.39, 0.29) is 0 Å². The molecule has 0 atom stereocenters. The second kappa shape index (κ2) is 6.73. The third-order valence-electron chi connectivity index (χ3n) is 2.65. The van der Waals surface area contributed by atoms with Crippen LogP contribution in [0.3, 0.4) is 0 Å². The summed E-state index contributed by atoms with van der Waals surface area (Å²) >= 11 is 7.77. The molecule has 0 N–H and O–H groups in total. The zero-order valence-corrected chi connectivity index (χ0v) is 12.4. The minimum absolute atomic E-state index is 0.691. The highest BCUT2D eigenvalue weighted by Gasteiger charge is 2.02. The van der Waals surface area contributed by atoms with Gasteiger partial charge >= 0.3 is 0 Å². The number of thioether (sulfide) groups is 1. The molecule has 0 aromatic heterocycles. The van der Waals surface area contributed by atoms with E-state index in [4.69, 9.17) is 21.1 Å². The molecule has 0 amide bonds. The molecule has 0 radical (unpaired) electrons. The van der Waals surface area contributed by atoms with E-state index in [1.165, 1.54) is 5.56 Å². The van der Waals surface area contributed by atoms with Gasteiger partial charge in [-0.15, -0.1) is 11.8 Å². The van der Waals surface area contributed by atoms with Gasteiger partial charge in [0, 0.05) is 15.7 Å². The Kier molecular flexibility index (Phi) is 5.00. The normalized spacial score (nSPS) is 10.3. The van der Waals surface area contributed by atoms with Gasteiger partial charge in [-0.05, 0) is 35.9 Å². The first-order valence-corrected chi connectivity index (χ1v) is 7.18. The van der Waals surface area contributed by atoms with Gasteiger partial charge in [0.25, 0.3) is 0 Å². The van der Waals surface area contributed by atoms with Crippen LogP contribution >= 0.6 is 23.4 Å². The lowest BCUT2D eigenvalue weighted by Gasteiger charge is -2.06. The van der Waals surface area contributed by atoms with Crippen LogP contribution < -0.4 is 9.47 Å². The van der Waals surface area contributed by atoms with Gasteiger partial charge in [0.05, 0.1) is 14.2 Å². The van der Waals surface area contributed by atoms with Gasteiger partial charge < -0.3 is 9.47 Å². The van der Waals surface area contributed by atoms with E-state index in [0.29, 0.717) is 5.02 Å². The molecule has 0 heterocycles. The van der Waals surface area contributed by atoms with Gasteiger partial charge in [-0.3, -0.25) is 0 Å². The van der Waals surface area contributed by atoms with E-state index >= 15 is 0 Å². The SMILES string of the molecule is COc1ccc(CSc2cc(Cl)cc(OC)c2)cc1. The molecule has 100 valence electrons. The van der Waals surface area contributed by atoms with Crippen molar-refractivity contribution in [3.8, 4) is 11.5 Å². The van der Waals surface area contributed by atoms with Crippen molar-refractivity contribution in [2.75, 3.05) is 14.2 Å². The van der Waals surface area contributed by atoms with Crippen molar-refractivity contribution < 1.29 is 9.47 Å². The molecular weight excluding hydrogens is 280 g/mol. The fraction of sp³-hybridized carbons (Fsp3) is 0.200. The smallest absolute Gasteiger partial charge is 0.121 e. The quantitative estimate of drug-likeness (QED) is 0.748. The predicted molar refractivity (Wildman–Crippen MR) is 80.6 cm³/mol. The highest BCUT2D eigenvalue weighted by molar-refractivity contribution is 7.98. The number of rotatable bonds is 5. The van der Waals surface area contributed by atoms with Crippen LogP contribution in [0.1, 0.15) is 5.56 Å². The fourth-order valence-corrected chi connectivity index (χ4v) is 2.85. The van der Waals surface area contributed by atoms with E-state index < -0.39 is 0 Å². The lowest BCUT2D eigenvalue weighted by molar-refractivity contribution is 0.413. The zero-order chi connectivity index (χ0) is 13.7. The Morgan fingerprint density at radius 3 is 2.26 bits per heavy atom. The Bertz CT molecular complexity index is 540.